The number of amides is 1. The molecule has 64 valence electrons. The van der Waals surface area contributed by atoms with Gasteiger partial charge in [-0.25, -0.2) is 0 Å². The fourth-order valence-electron chi connectivity index (χ4n) is 5.04. The maximum atomic E-state index is 11.1. The Bertz CT molecular complexity index is 288. The van der Waals surface area contributed by atoms with Crippen LogP contribution in [-0.2, 0) is 4.79 Å². The van der Waals surface area contributed by atoms with Crippen molar-refractivity contribution in [2.24, 2.45) is 47.2 Å². The monoisotopic (exact) mass is 163 g/mol. The summed E-state index contributed by atoms with van der Waals surface area (Å²) in [5.74, 6) is 5.87. The van der Waals surface area contributed by atoms with Crippen LogP contribution in [0.2, 0.25) is 0 Å². The Hall–Kier alpha value is -0.530. The first-order valence-corrected chi connectivity index (χ1v) is 5.08. The highest BCUT2D eigenvalue weighted by Crippen LogP contribution is 2.81. The zero-order valence-electron chi connectivity index (χ0n) is 6.94. The fourth-order valence-corrected chi connectivity index (χ4v) is 5.04. The van der Waals surface area contributed by atoms with Crippen molar-refractivity contribution in [2.75, 3.05) is 0 Å². The van der Waals surface area contributed by atoms with Gasteiger partial charge in [0.15, 0.2) is 0 Å². The van der Waals surface area contributed by atoms with Crippen LogP contribution >= 0.6 is 0 Å². The predicted molar refractivity (Wildman–Crippen MR) is 42.9 cm³/mol. The van der Waals surface area contributed by atoms with Crippen LogP contribution in [0.15, 0.2) is 0 Å². The molecule has 5 aliphatic carbocycles. The minimum absolute atomic E-state index is 0.0153. The number of rotatable bonds is 1. The highest BCUT2D eigenvalue weighted by atomic mass is 16.1. The van der Waals surface area contributed by atoms with Crippen molar-refractivity contribution in [1.82, 2.24) is 0 Å². The second kappa shape index (κ2) is 1.45. The van der Waals surface area contributed by atoms with Gasteiger partial charge < -0.3 is 5.73 Å². The lowest BCUT2D eigenvalue weighted by molar-refractivity contribution is -0.123. The quantitative estimate of drug-likeness (QED) is 0.605. The molecule has 0 aromatic rings. The number of nitrogens with two attached hydrogens (primary N) is 1. The van der Waals surface area contributed by atoms with Crippen molar-refractivity contribution >= 4 is 5.91 Å². The van der Waals surface area contributed by atoms with Gasteiger partial charge in [0.25, 0.3) is 0 Å². The lowest BCUT2D eigenvalue weighted by atomic mass is 9.88. The summed E-state index contributed by atoms with van der Waals surface area (Å²) in [7, 11) is 0. The van der Waals surface area contributed by atoms with Gasteiger partial charge in [-0.2, -0.15) is 0 Å². The van der Waals surface area contributed by atoms with Crippen LogP contribution < -0.4 is 5.73 Å². The molecule has 1 amide bonds. The van der Waals surface area contributed by atoms with E-state index in [1.165, 1.54) is 6.42 Å². The Morgan fingerprint density at radius 1 is 1.00 bits per heavy atom. The highest BCUT2D eigenvalue weighted by molar-refractivity contribution is 5.78. The third-order valence-electron chi connectivity index (χ3n) is 5.18. The number of hydrogen-bond donors (Lipinski definition) is 1. The van der Waals surface area contributed by atoms with E-state index in [4.69, 9.17) is 5.73 Å². The zero-order chi connectivity index (χ0) is 8.03. The zero-order valence-corrected chi connectivity index (χ0v) is 6.94. The maximum absolute atomic E-state index is 11.1. The minimum Gasteiger partial charge on any atom is -0.369 e. The van der Waals surface area contributed by atoms with Crippen LogP contribution in [0.25, 0.3) is 0 Å². The van der Waals surface area contributed by atoms with E-state index in [-0.39, 0.29) is 11.8 Å². The van der Waals surface area contributed by atoms with Crippen LogP contribution in [0.5, 0.6) is 0 Å². The average molecular weight is 163 g/mol. The second-order valence-electron chi connectivity index (χ2n) is 5.20. The predicted octanol–water partition coefficient (Wildman–Crippen LogP) is 0.620. The molecule has 0 saturated heterocycles. The minimum atomic E-state index is -0.0153. The number of carbonyl (C=O) groups is 1. The van der Waals surface area contributed by atoms with E-state index in [1.807, 2.05) is 0 Å². The van der Waals surface area contributed by atoms with Crippen molar-refractivity contribution in [2.45, 2.75) is 12.8 Å². The molecule has 0 radical (unpaired) electrons. The van der Waals surface area contributed by atoms with Gasteiger partial charge >= 0.3 is 0 Å². The van der Waals surface area contributed by atoms with E-state index in [9.17, 15) is 4.79 Å². The highest BCUT2D eigenvalue weighted by Gasteiger charge is 2.78. The van der Waals surface area contributed by atoms with Gasteiger partial charge in [0.05, 0.1) is 0 Å². The molecule has 0 aliphatic heterocycles. The molecule has 5 rings (SSSR count). The molecule has 4 unspecified atom stereocenters. The SMILES string of the molecule is NC(=O)C1CC2C3C[C@@H]4C([C@@H]13)[C@H]24. The Morgan fingerprint density at radius 3 is 2.25 bits per heavy atom. The molecule has 12 heavy (non-hydrogen) atoms. The molecular formula is C10H13NO. The third-order valence-corrected chi connectivity index (χ3v) is 5.18. The molecule has 0 heterocycles. The lowest BCUT2D eigenvalue weighted by Crippen LogP contribution is -2.29. The number of primary amides is 1. The molecule has 2 nitrogen and oxygen atoms in total. The molecular weight excluding hydrogens is 150 g/mol. The molecule has 5 fully saturated rings. The van der Waals surface area contributed by atoms with Gasteiger partial charge in [-0.3, -0.25) is 4.79 Å². The van der Waals surface area contributed by atoms with Crippen molar-refractivity contribution in [3.05, 3.63) is 0 Å². The summed E-state index contributed by atoms with van der Waals surface area (Å²) in [5.41, 5.74) is 5.41. The fraction of sp³-hybridized carbons (Fsp3) is 0.900. The summed E-state index contributed by atoms with van der Waals surface area (Å²) in [6, 6.07) is 0. The first-order chi connectivity index (χ1) is 5.79. The Balaban J connectivity index is 1.79. The van der Waals surface area contributed by atoms with Gasteiger partial charge in [-0.05, 0) is 48.3 Å². The van der Waals surface area contributed by atoms with E-state index < -0.39 is 0 Å². The second-order valence-corrected chi connectivity index (χ2v) is 5.20. The largest absolute Gasteiger partial charge is 0.369 e. The summed E-state index contributed by atoms with van der Waals surface area (Å²) >= 11 is 0. The van der Waals surface area contributed by atoms with E-state index in [2.05, 4.69) is 0 Å². The third kappa shape index (κ3) is 0.395. The average Bonchev–Trinajstić information content (AvgIpc) is 2.45. The number of hydrogen-bond acceptors (Lipinski definition) is 1. The van der Waals surface area contributed by atoms with Crippen molar-refractivity contribution in [3.8, 4) is 0 Å². The molecule has 5 saturated carbocycles. The molecule has 0 aromatic carbocycles. The first-order valence-electron chi connectivity index (χ1n) is 5.08. The lowest BCUT2D eigenvalue weighted by Gasteiger charge is -2.17. The van der Waals surface area contributed by atoms with Gasteiger partial charge in [0, 0.05) is 5.92 Å². The maximum Gasteiger partial charge on any atom is 0.220 e. The van der Waals surface area contributed by atoms with E-state index in [1.54, 1.807) is 0 Å². The molecule has 2 N–H and O–H groups in total. The van der Waals surface area contributed by atoms with Gasteiger partial charge in [0.1, 0.15) is 0 Å². The van der Waals surface area contributed by atoms with E-state index in [0.29, 0.717) is 0 Å². The summed E-state index contributed by atoms with van der Waals surface area (Å²) in [5, 5.41) is 0. The van der Waals surface area contributed by atoms with Crippen molar-refractivity contribution in [3.63, 3.8) is 0 Å². The van der Waals surface area contributed by atoms with Crippen LogP contribution in [0, 0.1) is 41.4 Å². The molecule has 2 heteroatoms. The molecule has 6 bridgehead atoms. The van der Waals surface area contributed by atoms with Crippen molar-refractivity contribution < 1.29 is 4.79 Å². The molecule has 7 atom stereocenters. The smallest absolute Gasteiger partial charge is 0.220 e. The molecule has 0 spiro atoms. The van der Waals surface area contributed by atoms with Crippen LogP contribution in [0.3, 0.4) is 0 Å². The Labute approximate surface area is 71.5 Å². The Morgan fingerprint density at radius 2 is 1.75 bits per heavy atom. The number of carbonyl (C=O) groups excluding carboxylic acids is 1. The van der Waals surface area contributed by atoms with Crippen LogP contribution in [0.1, 0.15) is 12.8 Å². The van der Waals surface area contributed by atoms with E-state index in [0.717, 1.165) is 41.9 Å². The summed E-state index contributed by atoms with van der Waals surface area (Å²) < 4.78 is 0. The van der Waals surface area contributed by atoms with Crippen LogP contribution in [-0.4, -0.2) is 5.91 Å². The first kappa shape index (κ1) is 6.01. The van der Waals surface area contributed by atoms with Gasteiger partial charge in [-0.1, -0.05) is 0 Å². The van der Waals surface area contributed by atoms with Crippen molar-refractivity contribution in [1.29, 1.82) is 0 Å². The van der Waals surface area contributed by atoms with Gasteiger partial charge in [0.2, 0.25) is 5.91 Å². The standard InChI is InChI=1S/C10H13NO/c11-10(12)6-2-4-3-1-5-7(4)9(5)8(3)6/h3-9H,1-2H2,(H2,11,12)/t3?,4?,5-,6?,7+,8+,9?/m0/s1. The Kier molecular flexibility index (Phi) is 0.724. The summed E-state index contributed by atoms with van der Waals surface area (Å²) in [4.78, 5) is 11.1. The molecule has 5 aliphatic rings. The van der Waals surface area contributed by atoms with E-state index >= 15 is 0 Å². The molecule has 0 aromatic heterocycles. The van der Waals surface area contributed by atoms with Gasteiger partial charge in [-0.15, -0.1) is 0 Å². The topological polar surface area (TPSA) is 43.1 Å². The van der Waals surface area contributed by atoms with Crippen LogP contribution in [0.4, 0.5) is 0 Å². The normalized spacial score (nSPS) is 68.8. The summed E-state index contributed by atoms with van der Waals surface area (Å²) in [6.07, 6.45) is 2.58. The summed E-state index contributed by atoms with van der Waals surface area (Å²) in [6.45, 7) is 0.